The molecule has 0 spiro atoms. The van der Waals surface area contributed by atoms with Gasteiger partial charge in [0.1, 0.15) is 5.75 Å². The largest absolute Gasteiger partial charge is 0.493 e. The third kappa shape index (κ3) is 8.61. The molecule has 1 atom stereocenters. The molecular weight excluding hydrogens is 618 g/mol. The molecule has 2 aromatic rings. The minimum absolute atomic E-state index is 0.0404. The lowest BCUT2D eigenvalue weighted by atomic mass is 9.76. The number of carbonyl (C=O) groups excluding carboxylic acids is 5. The topological polar surface area (TPSA) is 122 Å². The highest BCUT2D eigenvalue weighted by molar-refractivity contribution is 6.50. The minimum Gasteiger partial charge on any atom is -0.493 e. The lowest BCUT2D eigenvalue weighted by Crippen LogP contribution is -2.64. The zero-order valence-electron chi connectivity index (χ0n) is 29.1. The van der Waals surface area contributed by atoms with E-state index in [1.807, 2.05) is 6.07 Å². The molecule has 4 amide bonds. The third-order valence-electron chi connectivity index (χ3n) is 9.40. The third-order valence-corrected chi connectivity index (χ3v) is 9.91. The van der Waals surface area contributed by atoms with Crippen LogP contribution in [0, 0.1) is 5.41 Å². The molecule has 1 saturated heterocycles. The number of nitrogens with zero attached hydrogens (tertiary/aromatic N) is 1. The number of anilines is 1. The average Bonchev–Trinajstić information content (AvgIpc) is 3.39. The monoisotopic (exact) mass is 667 g/mol. The Hall–Kier alpha value is -3.72. The van der Waals surface area contributed by atoms with Gasteiger partial charge in [0.2, 0.25) is 17.7 Å². The Labute approximate surface area is 284 Å². The predicted octanol–water partition coefficient (Wildman–Crippen LogP) is 6.66. The number of amides is 4. The number of halogens is 1. The van der Waals surface area contributed by atoms with Gasteiger partial charge in [-0.15, -0.1) is 0 Å². The number of hydrogen-bond donors (Lipinski definition) is 2. The summed E-state index contributed by atoms with van der Waals surface area (Å²) in [6.45, 7) is 16.4. The van der Waals surface area contributed by atoms with E-state index in [-0.39, 0.29) is 42.5 Å². The van der Waals surface area contributed by atoms with Crippen molar-refractivity contribution in [3.63, 3.8) is 0 Å². The molecule has 256 valence electrons. The molecule has 2 N–H and O–H groups in total. The SMILES string of the molecule is CCC(C)(C)c1ccc(OCCCC(=O)NCC(C)(C)C(=O)C(Cl)(C(=O)Nc2ccccc2)N2C(=O)CCC2=O)c(C(C)(C)CC)c1. The number of rotatable bonds is 16. The molecule has 0 radical (unpaired) electrons. The first-order valence-corrected chi connectivity index (χ1v) is 16.8. The Morgan fingerprint density at radius 3 is 2.04 bits per heavy atom. The highest BCUT2D eigenvalue weighted by Crippen LogP contribution is 2.39. The molecule has 1 fully saturated rings. The quantitative estimate of drug-likeness (QED) is 0.0679. The van der Waals surface area contributed by atoms with E-state index in [0.29, 0.717) is 23.6 Å². The highest BCUT2D eigenvalue weighted by Gasteiger charge is 2.59. The number of ketones is 1. The number of Topliss-reactive ketones (excluding diaryl/α,β-unsaturated/α-hetero) is 1. The number of imide groups is 1. The number of ether oxygens (including phenoxy) is 1. The van der Waals surface area contributed by atoms with Gasteiger partial charge < -0.3 is 15.4 Å². The number of benzene rings is 2. The van der Waals surface area contributed by atoms with Gasteiger partial charge in [-0.25, -0.2) is 4.90 Å². The second-order valence-corrected chi connectivity index (χ2v) is 14.7. The fraction of sp³-hybridized carbons (Fsp3) is 0.541. The molecule has 47 heavy (non-hydrogen) atoms. The number of hydrogen-bond acceptors (Lipinski definition) is 6. The summed E-state index contributed by atoms with van der Waals surface area (Å²) in [7, 11) is 0. The summed E-state index contributed by atoms with van der Waals surface area (Å²) >= 11 is 6.74. The zero-order chi connectivity index (χ0) is 35.2. The van der Waals surface area contributed by atoms with E-state index < -0.39 is 33.9 Å². The van der Waals surface area contributed by atoms with E-state index in [2.05, 4.69) is 64.3 Å². The molecule has 1 aliphatic heterocycles. The van der Waals surface area contributed by atoms with Crippen LogP contribution in [0.15, 0.2) is 48.5 Å². The fourth-order valence-corrected chi connectivity index (χ4v) is 5.81. The molecule has 2 aromatic carbocycles. The summed E-state index contributed by atoms with van der Waals surface area (Å²) in [5.74, 6) is -2.84. The van der Waals surface area contributed by atoms with Crippen LogP contribution in [0.25, 0.3) is 0 Å². The maximum absolute atomic E-state index is 14.0. The standard InChI is InChI=1S/C37H50ClN3O6/c1-9-34(3,4)25-18-19-28(27(23-25)35(5,6)10-2)47-22-14-17-29(42)39-24-36(7,8)32(45)37(38,41-30(43)20-21-31(41)44)33(46)40-26-15-12-11-13-16-26/h11-13,15-16,18-19,23H,9-10,14,17,20-22,24H2,1-8H3,(H,39,42)(H,40,46). The fourth-order valence-electron chi connectivity index (χ4n) is 5.31. The summed E-state index contributed by atoms with van der Waals surface area (Å²) < 4.78 is 6.19. The number of likely N-dealkylation sites (tertiary alicyclic amines) is 1. The summed E-state index contributed by atoms with van der Waals surface area (Å²) in [4.78, 5) is 63.7. The van der Waals surface area contributed by atoms with Crippen molar-refractivity contribution in [2.45, 2.75) is 110 Å². The molecule has 1 unspecified atom stereocenters. The summed E-state index contributed by atoms with van der Waals surface area (Å²) in [5.41, 5.74) is 1.27. The molecule has 0 aliphatic carbocycles. The first-order chi connectivity index (χ1) is 21.9. The van der Waals surface area contributed by atoms with Gasteiger partial charge in [-0.3, -0.25) is 24.0 Å². The van der Waals surface area contributed by atoms with Gasteiger partial charge in [-0.2, -0.15) is 0 Å². The normalized spacial score (nSPS) is 15.3. The van der Waals surface area contributed by atoms with Gasteiger partial charge in [0.05, 0.1) is 6.61 Å². The van der Waals surface area contributed by atoms with Crippen LogP contribution >= 0.6 is 11.6 Å². The van der Waals surface area contributed by atoms with Gasteiger partial charge >= 0.3 is 0 Å². The number of nitrogens with one attached hydrogen (secondary N) is 2. The van der Waals surface area contributed by atoms with E-state index in [1.165, 1.54) is 19.4 Å². The van der Waals surface area contributed by atoms with Crippen molar-refractivity contribution in [2.24, 2.45) is 5.41 Å². The number of carbonyl (C=O) groups is 5. The zero-order valence-corrected chi connectivity index (χ0v) is 29.8. The maximum atomic E-state index is 14.0. The van der Waals surface area contributed by atoms with Crippen molar-refractivity contribution in [1.82, 2.24) is 10.2 Å². The number of para-hydroxylation sites is 1. The van der Waals surface area contributed by atoms with Crippen LogP contribution in [0.5, 0.6) is 5.75 Å². The lowest BCUT2D eigenvalue weighted by Gasteiger charge is -2.37. The molecule has 1 aliphatic rings. The Morgan fingerprint density at radius 2 is 1.47 bits per heavy atom. The highest BCUT2D eigenvalue weighted by atomic mass is 35.5. The van der Waals surface area contributed by atoms with Crippen molar-refractivity contribution in [3.05, 3.63) is 59.7 Å². The van der Waals surface area contributed by atoms with Gasteiger partial charge in [0, 0.05) is 42.5 Å². The molecule has 0 aromatic heterocycles. The van der Waals surface area contributed by atoms with Crippen molar-refractivity contribution < 1.29 is 28.7 Å². The van der Waals surface area contributed by atoms with Crippen LogP contribution < -0.4 is 15.4 Å². The van der Waals surface area contributed by atoms with Crippen molar-refractivity contribution in [2.75, 3.05) is 18.5 Å². The lowest BCUT2D eigenvalue weighted by molar-refractivity contribution is -0.155. The Bertz CT molecular complexity index is 1470. The van der Waals surface area contributed by atoms with Crippen LogP contribution in [0.2, 0.25) is 0 Å². The second-order valence-electron chi connectivity index (χ2n) is 14.2. The molecule has 3 rings (SSSR count). The van der Waals surface area contributed by atoms with E-state index in [1.54, 1.807) is 30.3 Å². The molecule has 0 bridgehead atoms. The first-order valence-electron chi connectivity index (χ1n) is 16.4. The average molecular weight is 668 g/mol. The molecule has 9 nitrogen and oxygen atoms in total. The maximum Gasteiger partial charge on any atom is 0.274 e. The first kappa shape index (κ1) is 37.7. The van der Waals surface area contributed by atoms with Crippen molar-refractivity contribution >= 4 is 46.7 Å². The Balaban J connectivity index is 1.66. The smallest absolute Gasteiger partial charge is 0.274 e. The molecular formula is C37H50ClN3O6. The van der Waals surface area contributed by atoms with Crippen LogP contribution in [0.1, 0.15) is 105 Å². The van der Waals surface area contributed by atoms with Crippen LogP contribution in [-0.4, -0.2) is 52.5 Å². The second kappa shape index (κ2) is 15.0. The van der Waals surface area contributed by atoms with Crippen molar-refractivity contribution in [1.29, 1.82) is 0 Å². The summed E-state index contributed by atoms with van der Waals surface area (Å²) in [5, 5.41) is 5.31. The van der Waals surface area contributed by atoms with E-state index in [4.69, 9.17) is 16.3 Å². The number of alkyl halides is 1. The van der Waals surface area contributed by atoms with Crippen LogP contribution in [0.3, 0.4) is 0 Å². The van der Waals surface area contributed by atoms with E-state index >= 15 is 0 Å². The summed E-state index contributed by atoms with van der Waals surface area (Å²) in [6, 6.07) is 14.7. The molecule has 1 heterocycles. The van der Waals surface area contributed by atoms with Gasteiger partial charge in [-0.05, 0) is 53.9 Å². The van der Waals surface area contributed by atoms with Gasteiger partial charge in [0.25, 0.3) is 10.9 Å². The summed E-state index contributed by atoms with van der Waals surface area (Å²) in [6.07, 6.45) is 2.21. The molecule has 0 saturated carbocycles. The van der Waals surface area contributed by atoms with Gasteiger partial charge in [0.15, 0.2) is 5.78 Å². The Morgan fingerprint density at radius 1 is 0.872 bits per heavy atom. The predicted molar refractivity (Wildman–Crippen MR) is 184 cm³/mol. The van der Waals surface area contributed by atoms with Crippen molar-refractivity contribution in [3.8, 4) is 5.75 Å². The van der Waals surface area contributed by atoms with Crippen LogP contribution in [-0.2, 0) is 34.8 Å². The van der Waals surface area contributed by atoms with Crippen LogP contribution in [0.4, 0.5) is 5.69 Å². The van der Waals surface area contributed by atoms with Gasteiger partial charge in [-0.1, -0.05) is 97.3 Å². The molecule has 10 heteroatoms. The van der Waals surface area contributed by atoms with E-state index in [9.17, 15) is 24.0 Å². The Kier molecular flexibility index (Phi) is 12.1. The minimum atomic E-state index is -2.63. The van der Waals surface area contributed by atoms with E-state index in [0.717, 1.165) is 24.2 Å².